The molecular weight excluding hydrogens is 462 g/mol. The number of nitrogens with zero attached hydrogens (tertiary/aromatic N) is 4. The number of carbonyl (C=O) groups is 1. The minimum absolute atomic E-state index is 0.159. The summed E-state index contributed by atoms with van der Waals surface area (Å²) >= 11 is 7.41. The maximum atomic E-state index is 13.1. The van der Waals surface area contributed by atoms with Crippen molar-refractivity contribution in [3.05, 3.63) is 75.8 Å². The standard InChI is InChI=1S/C23H22ClN5O3S/c1-4-19(21(30)25-15-10-9-14(2)16(24)13-15)33-23-27-26-20-22(31)28(11-12-29(20)23)17-7-5-6-8-18(17)32-3/h5-13,19H,4H2,1-3H3,(H,25,30)/t19-/m1/s1. The van der Waals surface area contributed by atoms with Crippen molar-refractivity contribution in [1.82, 2.24) is 19.2 Å². The highest BCUT2D eigenvalue weighted by molar-refractivity contribution is 8.00. The molecule has 0 bridgehead atoms. The second kappa shape index (κ2) is 9.68. The number of aryl methyl sites for hydroxylation is 1. The van der Waals surface area contributed by atoms with E-state index in [4.69, 9.17) is 16.3 Å². The first kappa shape index (κ1) is 22.9. The molecule has 2 heterocycles. The van der Waals surface area contributed by atoms with E-state index in [0.29, 0.717) is 33.7 Å². The number of halogens is 1. The van der Waals surface area contributed by atoms with E-state index < -0.39 is 5.25 Å². The first-order valence-corrected chi connectivity index (χ1v) is 11.5. The van der Waals surface area contributed by atoms with Crippen LogP contribution in [0.1, 0.15) is 18.9 Å². The summed E-state index contributed by atoms with van der Waals surface area (Å²) in [5.74, 6) is 0.388. The molecule has 1 N–H and O–H groups in total. The Bertz CT molecular complexity index is 1380. The molecule has 2 aromatic heterocycles. The first-order chi connectivity index (χ1) is 15.9. The molecule has 0 fully saturated rings. The molecule has 8 nitrogen and oxygen atoms in total. The van der Waals surface area contributed by atoms with Gasteiger partial charge in [0.1, 0.15) is 5.75 Å². The van der Waals surface area contributed by atoms with Gasteiger partial charge in [0, 0.05) is 23.1 Å². The van der Waals surface area contributed by atoms with Gasteiger partial charge in [0.15, 0.2) is 5.16 Å². The van der Waals surface area contributed by atoms with Crippen molar-refractivity contribution in [3.8, 4) is 11.4 Å². The predicted molar refractivity (Wildman–Crippen MR) is 130 cm³/mol. The highest BCUT2D eigenvalue weighted by atomic mass is 35.5. The normalized spacial score (nSPS) is 12.0. The van der Waals surface area contributed by atoms with Crippen LogP contribution in [0.25, 0.3) is 11.3 Å². The SMILES string of the molecule is CC[C@@H](Sc1nnc2c(=O)n(-c3ccccc3OC)ccn12)C(=O)Nc1ccc(C)c(Cl)c1. The monoisotopic (exact) mass is 483 g/mol. The zero-order valence-electron chi connectivity index (χ0n) is 18.3. The number of methoxy groups -OCH3 is 1. The summed E-state index contributed by atoms with van der Waals surface area (Å²) in [6.07, 6.45) is 3.90. The molecule has 1 amide bonds. The van der Waals surface area contributed by atoms with E-state index in [-0.39, 0.29) is 17.1 Å². The van der Waals surface area contributed by atoms with Crippen LogP contribution in [0.4, 0.5) is 5.69 Å². The number of para-hydroxylation sites is 2. The Morgan fingerprint density at radius 2 is 2.00 bits per heavy atom. The largest absolute Gasteiger partial charge is 0.495 e. The smallest absolute Gasteiger partial charge is 0.300 e. The van der Waals surface area contributed by atoms with E-state index >= 15 is 0 Å². The summed E-state index contributed by atoms with van der Waals surface area (Å²) < 4.78 is 8.42. The molecule has 4 rings (SSSR count). The van der Waals surface area contributed by atoms with Gasteiger partial charge >= 0.3 is 5.56 Å². The lowest BCUT2D eigenvalue weighted by atomic mass is 10.2. The summed E-state index contributed by atoms with van der Waals surface area (Å²) in [5.41, 5.74) is 1.98. The summed E-state index contributed by atoms with van der Waals surface area (Å²) in [4.78, 5) is 25.9. The number of ether oxygens (including phenoxy) is 1. The van der Waals surface area contributed by atoms with Crippen LogP contribution in [-0.4, -0.2) is 37.4 Å². The third kappa shape index (κ3) is 4.60. The molecule has 4 aromatic rings. The average molecular weight is 484 g/mol. The molecule has 0 unspecified atom stereocenters. The Kier molecular flexibility index (Phi) is 6.71. The van der Waals surface area contributed by atoms with Gasteiger partial charge < -0.3 is 10.1 Å². The van der Waals surface area contributed by atoms with Crippen molar-refractivity contribution in [3.63, 3.8) is 0 Å². The maximum absolute atomic E-state index is 13.1. The number of rotatable bonds is 7. The molecule has 170 valence electrons. The van der Waals surface area contributed by atoms with Gasteiger partial charge in [-0.15, -0.1) is 10.2 Å². The van der Waals surface area contributed by atoms with Crippen LogP contribution < -0.4 is 15.6 Å². The van der Waals surface area contributed by atoms with E-state index in [0.717, 1.165) is 5.56 Å². The topological polar surface area (TPSA) is 90.5 Å². The first-order valence-electron chi connectivity index (χ1n) is 10.3. The number of carbonyl (C=O) groups excluding carboxylic acids is 1. The number of thioether (sulfide) groups is 1. The quantitative estimate of drug-likeness (QED) is 0.393. The van der Waals surface area contributed by atoms with Gasteiger partial charge in [-0.1, -0.05) is 48.5 Å². The Morgan fingerprint density at radius 1 is 1.21 bits per heavy atom. The number of hydrogen-bond donors (Lipinski definition) is 1. The van der Waals surface area contributed by atoms with Gasteiger partial charge in [-0.05, 0) is 43.2 Å². The third-order valence-corrected chi connectivity index (χ3v) is 6.86. The molecule has 2 aromatic carbocycles. The minimum atomic E-state index is -0.436. The van der Waals surface area contributed by atoms with Crippen molar-refractivity contribution in [2.45, 2.75) is 30.7 Å². The Morgan fingerprint density at radius 3 is 2.73 bits per heavy atom. The zero-order valence-corrected chi connectivity index (χ0v) is 19.9. The lowest BCUT2D eigenvalue weighted by molar-refractivity contribution is -0.115. The van der Waals surface area contributed by atoms with Crippen molar-refractivity contribution >= 4 is 40.6 Å². The number of fused-ring (bicyclic) bond motifs is 1. The molecule has 0 aliphatic carbocycles. The molecule has 0 radical (unpaired) electrons. The fourth-order valence-corrected chi connectivity index (χ4v) is 4.42. The molecular formula is C23H22ClN5O3S. The number of hydrogen-bond acceptors (Lipinski definition) is 6. The van der Waals surface area contributed by atoms with Crippen molar-refractivity contribution in [1.29, 1.82) is 0 Å². The van der Waals surface area contributed by atoms with Crippen LogP contribution in [-0.2, 0) is 4.79 Å². The molecule has 33 heavy (non-hydrogen) atoms. The fraction of sp³-hybridized carbons (Fsp3) is 0.217. The zero-order chi connectivity index (χ0) is 23.5. The lowest BCUT2D eigenvalue weighted by Gasteiger charge is -2.14. The lowest BCUT2D eigenvalue weighted by Crippen LogP contribution is -2.25. The van der Waals surface area contributed by atoms with Crippen LogP contribution in [0, 0.1) is 6.92 Å². The summed E-state index contributed by atoms with van der Waals surface area (Å²) in [6.45, 7) is 3.81. The number of benzene rings is 2. The van der Waals surface area contributed by atoms with Crippen LogP contribution in [0.3, 0.4) is 0 Å². The number of nitrogens with one attached hydrogen (secondary N) is 1. The van der Waals surface area contributed by atoms with Gasteiger partial charge in [0.2, 0.25) is 11.6 Å². The van der Waals surface area contributed by atoms with Crippen LogP contribution in [0.5, 0.6) is 5.75 Å². The van der Waals surface area contributed by atoms with Crippen molar-refractivity contribution in [2.24, 2.45) is 0 Å². The van der Waals surface area contributed by atoms with Crippen molar-refractivity contribution < 1.29 is 9.53 Å². The van der Waals surface area contributed by atoms with Crippen LogP contribution in [0.15, 0.2) is 64.8 Å². The molecule has 1 atom stereocenters. The van der Waals surface area contributed by atoms with Gasteiger partial charge in [-0.2, -0.15) is 0 Å². The minimum Gasteiger partial charge on any atom is -0.495 e. The third-order valence-electron chi connectivity index (χ3n) is 5.13. The molecule has 10 heteroatoms. The Hall–Kier alpha value is -3.30. The van der Waals surface area contributed by atoms with Crippen LogP contribution >= 0.6 is 23.4 Å². The van der Waals surface area contributed by atoms with Gasteiger partial charge in [-0.3, -0.25) is 18.6 Å². The molecule has 0 spiro atoms. The summed E-state index contributed by atoms with van der Waals surface area (Å²) in [6, 6.07) is 12.6. The van der Waals surface area contributed by atoms with Gasteiger partial charge in [0.25, 0.3) is 0 Å². The Balaban J connectivity index is 1.60. The van der Waals surface area contributed by atoms with E-state index in [1.165, 1.54) is 16.3 Å². The molecule has 0 aliphatic heterocycles. The number of amides is 1. The summed E-state index contributed by atoms with van der Waals surface area (Å²) in [5, 5.41) is 11.7. The fourth-order valence-electron chi connectivity index (χ4n) is 3.31. The number of anilines is 1. The second-order valence-corrected chi connectivity index (χ2v) is 8.87. The summed E-state index contributed by atoms with van der Waals surface area (Å²) in [7, 11) is 1.55. The van der Waals surface area contributed by atoms with Crippen LogP contribution in [0.2, 0.25) is 5.02 Å². The highest BCUT2D eigenvalue weighted by Crippen LogP contribution is 2.27. The molecule has 0 aliphatic rings. The average Bonchev–Trinajstić information content (AvgIpc) is 3.23. The maximum Gasteiger partial charge on any atom is 0.300 e. The predicted octanol–water partition coefficient (Wildman–Crippen LogP) is 4.36. The van der Waals surface area contributed by atoms with E-state index in [1.54, 1.807) is 42.1 Å². The van der Waals surface area contributed by atoms with E-state index in [9.17, 15) is 9.59 Å². The van der Waals surface area contributed by atoms with E-state index in [1.807, 2.05) is 38.1 Å². The Labute approximate surface area is 199 Å². The second-order valence-electron chi connectivity index (χ2n) is 7.29. The van der Waals surface area contributed by atoms with E-state index in [2.05, 4.69) is 15.5 Å². The van der Waals surface area contributed by atoms with Gasteiger partial charge in [0.05, 0.1) is 18.0 Å². The molecule has 0 saturated heterocycles. The number of aromatic nitrogens is 4. The molecule has 0 saturated carbocycles. The van der Waals surface area contributed by atoms with Gasteiger partial charge in [-0.25, -0.2) is 0 Å². The van der Waals surface area contributed by atoms with Crippen molar-refractivity contribution in [2.75, 3.05) is 12.4 Å². The highest BCUT2D eigenvalue weighted by Gasteiger charge is 2.22.